The topological polar surface area (TPSA) is 88.5 Å². The van der Waals surface area contributed by atoms with E-state index in [4.69, 9.17) is 4.74 Å². The number of aromatic nitrogens is 1. The standard InChI is InChI=1S/C23H18F4N2O4/c24-17-10-16(20(30)29-22(21(31)32)8-3-9-22)19(15-5-2-1-4-14(15)17)33-12-13-6-7-18(28-11-13)23(25,26)27/h1-2,4-7,10-11H,3,8-9,12H2,(H,29,30)(H,31,32). The van der Waals surface area contributed by atoms with Gasteiger partial charge in [-0.2, -0.15) is 13.2 Å². The molecule has 172 valence electrons. The predicted molar refractivity (Wildman–Crippen MR) is 109 cm³/mol. The smallest absolute Gasteiger partial charge is 0.433 e. The minimum Gasteiger partial charge on any atom is -0.487 e. The minimum atomic E-state index is -4.58. The SMILES string of the molecule is O=C(NC1(C(=O)O)CCC1)c1cc(F)c2ccccc2c1OCc1ccc(C(F)(F)F)nc1. The van der Waals surface area contributed by atoms with Gasteiger partial charge in [-0.1, -0.05) is 30.3 Å². The maximum atomic E-state index is 14.7. The molecule has 0 aliphatic heterocycles. The largest absolute Gasteiger partial charge is 0.487 e. The summed E-state index contributed by atoms with van der Waals surface area (Å²) in [7, 11) is 0. The molecule has 1 aliphatic rings. The van der Waals surface area contributed by atoms with Crippen LogP contribution in [0.4, 0.5) is 17.6 Å². The first-order chi connectivity index (χ1) is 15.6. The lowest BCUT2D eigenvalue weighted by atomic mass is 9.76. The zero-order valence-corrected chi connectivity index (χ0v) is 17.1. The third-order valence-corrected chi connectivity index (χ3v) is 5.66. The van der Waals surface area contributed by atoms with Crippen LogP contribution in [0.25, 0.3) is 10.8 Å². The number of rotatable bonds is 6. The molecule has 2 aromatic carbocycles. The van der Waals surface area contributed by atoms with Crippen molar-refractivity contribution in [1.82, 2.24) is 10.3 Å². The number of carbonyl (C=O) groups excluding carboxylic acids is 1. The highest BCUT2D eigenvalue weighted by molar-refractivity contribution is 6.05. The molecule has 1 aliphatic carbocycles. The molecular weight excluding hydrogens is 444 g/mol. The van der Waals surface area contributed by atoms with Crippen LogP contribution in [-0.4, -0.2) is 27.5 Å². The number of ether oxygens (including phenoxy) is 1. The summed E-state index contributed by atoms with van der Waals surface area (Å²) in [4.78, 5) is 28.0. The molecule has 1 fully saturated rings. The van der Waals surface area contributed by atoms with Gasteiger partial charge in [-0.15, -0.1) is 0 Å². The zero-order valence-electron chi connectivity index (χ0n) is 17.1. The van der Waals surface area contributed by atoms with E-state index in [9.17, 15) is 32.3 Å². The second-order valence-electron chi connectivity index (χ2n) is 7.81. The van der Waals surface area contributed by atoms with Crippen LogP contribution in [0.15, 0.2) is 48.7 Å². The van der Waals surface area contributed by atoms with E-state index in [0.717, 1.165) is 18.3 Å². The number of pyridine rings is 1. The van der Waals surface area contributed by atoms with E-state index in [1.807, 2.05) is 0 Å². The van der Waals surface area contributed by atoms with Crippen molar-refractivity contribution in [2.75, 3.05) is 0 Å². The Hall–Kier alpha value is -3.69. The number of hydrogen-bond acceptors (Lipinski definition) is 4. The normalized spacial score (nSPS) is 15.0. The molecule has 33 heavy (non-hydrogen) atoms. The number of hydrogen-bond donors (Lipinski definition) is 2. The molecule has 0 spiro atoms. The van der Waals surface area contributed by atoms with Gasteiger partial charge in [0.15, 0.2) is 0 Å². The molecule has 0 atom stereocenters. The molecule has 0 saturated heterocycles. The number of amides is 1. The van der Waals surface area contributed by atoms with Crippen LogP contribution in [0.3, 0.4) is 0 Å². The Morgan fingerprint density at radius 2 is 1.82 bits per heavy atom. The highest BCUT2D eigenvalue weighted by Gasteiger charge is 2.46. The Labute approximate surface area is 185 Å². The third kappa shape index (κ3) is 4.33. The van der Waals surface area contributed by atoms with E-state index in [0.29, 0.717) is 12.0 Å². The molecule has 1 saturated carbocycles. The van der Waals surface area contributed by atoms with Crippen molar-refractivity contribution in [2.45, 2.75) is 37.6 Å². The summed E-state index contributed by atoms with van der Waals surface area (Å²) in [6, 6.07) is 9.20. The second-order valence-corrected chi connectivity index (χ2v) is 7.81. The molecule has 10 heteroatoms. The number of halogens is 4. The fourth-order valence-electron chi connectivity index (χ4n) is 3.67. The van der Waals surface area contributed by atoms with Gasteiger partial charge in [-0.3, -0.25) is 9.78 Å². The Balaban J connectivity index is 1.68. The Morgan fingerprint density at radius 3 is 2.36 bits per heavy atom. The molecule has 0 radical (unpaired) electrons. The molecule has 6 nitrogen and oxygen atoms in total. The highest BCUT2D eigenvalue weighted by Crippen LogP contribution is 2.36. The number of carboxylic acids is 1. The number of carbonyl (C=O) groups is 2. The van der Waals surface area contributed by atoms with Gasteiger partial charge in [0.1, 0.15) is 29.4 Å². The van der Waals surface area contributed by atoms with E-state index < -0.39 is 35.1 Å². The van der Waals surface area contributed by atoms with Crippen LogP contribution < -0.4 is 10.1 Å². The molecule has 1 heterocycles. The first-order valence-electron chi connectivity index (χ1n) is 10.0. The summed E-state index contributed by atoms with van der Waals surface area (Å²) in [5, 5.41) is 12.4. The number of fused-ring (bicyclic) bond motifs is 1. The van der Waals surface area contributed by atoms with Gasteiger partial charge in [0.25, 0.3) is 5.91 Å². The summed E-state index contributed by atoms with van der Waals surface area (Å²) >= 11 is 0. The molecule has 1 aromatic heterocycles. The van der Waals surface area contributed by atoms with E-state index in [1.165, 1.54) is 18.2 Å². The van der Waals surface area contributed by atoms with Crippen LogP contribution in [0.5, 0.6) is 5.75 Å². The van der Waals surface area contributed by atoms with Crippen molar-refractivity contribution in [3.8, 4) is 5.75 Å². The van der Waals surface area contributed by atoms with Crippen molar-refractivity contribution in [3.05, 3.63) is 71.3 Å². The van der Waals surface area contributed by atoms with Crippen LogP contribution in [0.2, 0.25) is 0 Å². The van der Waals surface area contributed by atoms with Gasteiger partial charge >= 0.3 is 12.1 Å². The number of carboxylic acid groups (broad SMARTS) is 1. The summed E-state index contributed by atoms with van der Waals surface area (Å²) in [5.41, 5.74) is -2.39. The number of benzene rings is 2. The van der Waals surface area contributed by atoms with Crippen molar-refractivity contribution in [3.63, 3.8) is 0 Å². The quantitative estimate of drug-likeness (QED) is 0.518. The molecular formula is C23H18F4N2O4. The lowest BCUT2D eigenvalue weighted by molar-refractivity contribution is -0.148. The lowest BCUT2D eigenvalue weighted by Crippen LogP contribution is -2.59. The molecule has 1 amide bonds. The van der Waals surface area contributed by atoms with Gasteiger partial charge in [-0.25, -0.2) is 9.18 Å². The van der Waals surface area contributed by atoms with Crippen molar-refractivity contribution < 1.29 is 37.0 Å². The van der Waals surface area contributed by atoms with Crippen molar-refractivity contribution >= 4 is 22.6 Å². The molecule has 2 N–H and O–H groups in total. The predicted octanol–water partition coefficient (Wildman–Crippen LogP) is 4.71. The molecule has 3 aromatic rings. The van der Waals surface area contributed by atoms with E-state index >= 15 is 0 Å². The Kier molecular flexibility index (Phi) is 5.69. The minimum absolute atomic E-state index is 0.00994. The summed E-state index contributed by atoms with van der Waals surface area (Å²) in [5.74, 6) is -2.70. The van der Waals surface area contributed by atoms with Crippen molar-refractivity contribution in [1.29, 1.82) is 0 Å². The fraction of sp³-hybridized carbons (Fsp3) is 0.261. The van der Waals surface area contributed by atoms with E-state index in [1.54, 1.807) is 12.1 Å². The summed E-state index contributed by atoms with van der Waals surface area (Å²) in [6.07, 6.45) is -2.46. The third-order valence-electron chi connectivity index (χ3n) is 5.66. The van der Waals surface area contributed by atoms with Gasteiger partial charge in [0.2, 0.25) is 0 Å². The maximum Gasteiger partial charge on any atom is 0.433 e. The molecule has 0 unspecified atom stereocenters. The zero-order chi connectivity index (χ0) is 23.8. The Bertz CT molecular complexity index is 1220. The first-order valence-corrected chi connectivity index (χ1v) is 10.0. The lowest BCUT2D eigenvalue weighted by Gasteiger charge is -2.38. The maximum absolute atomic E-state index is 14.7. The van der Waals surface area contributed by atoms with E-state index in [-0.39, 0.29) is 41.5 Å². The Morgan fingerprint density at radius 1 is 1.12 bits per heavy atom. The van der Waals surface area contributed by atoms with Gasteiger partial charge in [0, 0.05) is 22.5 Å². The average Bonchev–Trinajstić information content (AvgIpc) is 2.75. The fourth-order valence-corrected chi connectivity index (χ4v) is 3.67. The highest BCUT2D eigenvalue weighted by atomic mass is 19.4. The van der Waals surface area contributed by atoms with E-state index in [2.05, 4.69) is 10.3 Å². The van der Waals surface area contributed by atoms with Crippen LogP contribution >= 0.6 is 0 Å². The van der Waals surface area contributed by atoms with Gasteiger partial charge in [0.05, 0.1) is 5.56 Å². The second kappa shape index (κ2) is 8.34. The van der Waals surface area contributed by atoms with Crippen LogP contribution in [0.1, 0.15) is 40.9 Å². The van der Waals surface area contributed by atoms with Crippen LogP contribution in [-0.2, 0) is 17.6 Å². The number of nitrogens with one attached hydrogen (secondary N) is 1. The number of aliphatic carboxylic acids is 1. The first kappa shape index (κ1) is 22.5. The average molecular weight is 462 g/mol. The molecule has 4 rings (SSSR count). The van der Waals surface area contributed by atoms with Gasteiger partial charge in [-0.05, 0) is 31.4 Å². The summed E-state index contributed by atoms with van der Waals surface area (Å²) in [6.45, 7) is -0.245. The molecule has 0 bridgehead atoms. The number of nitrogens with zero attached hydrogens (tertiary/aromatic N) is 1. The van der Waals surface area contributed by atoms with Crippen molar-refractivity contribution in [2.24, 2.45) is 0 Å². The van der Waals surface area contributed by atoms with Crippen LogP contribution in [0, 0.1) is 5.82 Å². The monoisotopic (exact) mass is 462 g/mol. The number of alkyl halides is 3. The van der Waals surface area contributed by atoms with Gasteiger partial charge < -0.3 is 15.2 Å². The summed E-state index contributed by atoms with van der Waals surface area (Å²) < 4.78 is 58.7.